The molecule has 1 saturated heterocycles. The quantitative estimate of drug-likeness (QED) is 0.720. The number of methoxy groups -OCH3 is 1. The van der Waals surface area contributed by atoms with Gasteiger partial charge in [0, 0.05) is 38.3 Å². The monoisotopic (exact) mass is 282 g/mol. The van der Waals surface area contributed by atoms with Gasteiger partial charge in [-0.1, -0.05) is 12.8 Å². The van der Waals surface area contributed by atoms with Crippen molar-refractivity contribution < 1.29 is 9.47 Å². The molecule has 0 aromatic heterocycles. The third kappa shape index (κ3) is 3.35. The molecule has 1 spiro atoms. The van der Waals surface area contributed by atoms with Gasteiger partial charge in [-0.15, -0.1) is 0 Å². The molecule has 3 rings (SSSR count). The van der Waals surface area contributed by atoms with E-state index in [-0.39, 0.29) is 0 Å². The van der Waals surface area contributed by atoms with Crippen LogP contribution < -0.4 is 5.32 Å². The van der Waals surface area contributed by atoms with Gasteiger partial charge in [0.15, 0.2) is 0 Å². The van der Waals surface area contributed by atoms with Gasteiger partial charge in [-0.2, -0.15) is 0 Å². The molecule has 1 N–H and O–H groups in total. The molecule has 1 atom stereocenters. The molecule has 2 aliphatic carbocycles. The summed E-state index contributed by atoms with van der Waals surface area (Å²) in [7, 11) is 1.73. The molecular weight excluding hydrogens is 252 g/mol. The highest BCUT2D eigenvalue weighted by Crippen LogP contribution is 2.40. The second-order valence-corrected chi connectivity index (χ2v) is 6.81. The van der Waals surface area contributed by atoms with E-state index >= 15 is 0 Å². The van der Waals surface area contributed by atoms with Gasteiger partial charge in [0.05, 0.1) is 19.8 Å². The molecular formula is C16H30N2O2. The van der Waals surface area contributed by atoms with Crippen LogP contribution in [0.2, 0.25) is 0 Å². The highest BCUT2D eigenvalue weighted by Gasteiger charge is 2.46. The number of piperazine rings is 1. The molecule has 4 heteroatoms. The molecule has 4 nitrogen and oxygen atoms in total. The Morgan fingerprint density at radius 1 is 1.15 bits per heavy atom. The summed E-state index contributed by atoms with van der Waals surface area (Å²) in [6.45, 7) is 5.81. The highest BCUT2D eigenvalue weighted by molar-refractivity contribution is 5.04. The van der Waals surface area contributed by atoms with Crippen molar-refractivity contribution in [3.05, 3.63) is 0 Å². The van der Waals surface area contributed by atoms with Gasteiger partial charge < -0.3 is 14.8 Å². The Bertz CT molecular complexity index is 301. The summed E-state index contributed by atoms with van der Waals surface area (Å²) in [5, 5.41) is 3.85. The number of hydrogen-bond acceptors (Lipinski definition) is 4. The Morgan fingerprint density at radius 3 is 2.65 bits per heavy atom. The van der Waals surface area contributed by atoms with Crippen LogP contribution in [0.15, 0.2) is 0 Å². The van der Waals surface area contributed by atoms with Crippen molar-refractivity contribution in [2.45, 2.75) is 50.1 Å². The predicted octanol–water partition coefficient (Wildman–Crippen LogP) is 1.65. The maximum absolute atomic E-state index is 5.70. The van der Waals surface area contributed by atoms with Crippen LogP contribution in [0.5, 0.6) is 0 Å². The predicted molar refractivity (Wildman–Crippen MR) is 80.0 cm³/mol. The Labute approximate surface area is 123 Å². The standard InChI is InChI=1S/C16H30N2O2/c1-19-10-11-20-9-8-18-12-15(14-4-5-14)17-13-16(18)6-2-3-7-16/h14-15,17H,2-13H2,1H3. The lowest BCUT2D eigenvalue weighted by atomic mass is 9.90. The molecule has 0 radical (unpaired) electrons. The molecule has 0 bridgehead atoms. The maximum atomic E-state index is 5.70. The summed E-state index contributed by atoms with van der Waals surface area (Å²) < 4.78 is 10.7. The second kappa shape index (κ2) is 6.73. The van der Waals surface area contributed by atoms with Crippen LogP contribution in [-0.4, -0.2) is 63.0 Å². The number of nitrogens with one attached hydrogen (secondary N) is 1. The fraction of sp³-hybridized carbons (Fsp3) is 1.00. The molecule has 0 aromatic carbocycles. The van der Waals surface area contributed by atoms with E-state index in [1.165, 1.54) is 51.6 Å². The maximum Gasteiger partial charge on any atom is 0.0700 e. The molecule has 0 amide bonds. The van der Waals surface area contributed by atoms with Gasteiger partial charge in [-0.25, -0.2) is 0 Å². The Morgan fingerprint density at radius 2 is 1.95 bits per heavy atom. The van der Waals surface area contributed by atoms with Crippen molar-refractivity contribution in [2.75, 3.05) is 46.6 Å². The summed E-state index contributed by atoms with van der Waals surface area (Å²) in [5.74, 6) is 0.950. The second-order valence-electron chi connectivity index (χ2n) is 6.81. The molecule has 1 aliphatic heterocycles. The Kier molecular flexibility index (Phi) is 4.97. The number of rotatable bonds is 7. The first-order valence-corrected chi connectivity index (χ1v) is 8.39. The normalized spacial score (nSPS) is 30.1. The zero-order valence-electron chi connectivity index (χ0n) is 12.9. The molecule has 3 aliphatic rings. The van der Waals surface area contributed by atoms with Crippen molar-refractivity contribution in [1.29, 1.82) is 0 Å². The lowest BCUT2D eigenvalue weighted by Gasteiger charge is -2.48. The minimum atomic E-state index is 0.440. The van der Waals surface area contributed by atoms with Gasteiger partial charge >= 0.3 is 0 Å². The summed E-state index contributed by atoms with van der Waals surface area (Å²) in [4.78, 5) is 2.76. The van der Waals surface area contributed by atoms with Crippen molar-refractivity contribution >= 4 is 0 Å². The minimum Gasteiger partial charge on any atom is -0.382 e. The summed E-state index contributed by atoms with van der Waals surface area (Å²) in [5.41, 5.74) is 0.440. The van der Waals surface area contributed by atoms with Crippen molar-refractivity contribution in [2.24, 2.45) is 5.92 Å². The van der Waals surface area contributed by atoms with Crippen LogP contribution in [0, 0.1) is 5.92 Å². The van der Waals surface area contributed by atoms with Crippen molar-refractivity contribution in [3.63, 3.8) is 0 Å². The summed E-state index contributed by atoms with van der Waals surface area (Å²) >= 11 is 0. The van der Waals surface area contributed by atoms with E-state index in [1.807, 2.05) is 0 Å². The SMILES string of the molecule is COCCOCCN1CC(C2CC2)NCC12CCCC2. The van der Waals surface area contributed by atoms with E-state index in [0.29, 0.717) is 12.1 Å². The zero-order valence-corrected chi connectivity index (χ0v) is 12.9. The molecule has 20 heavy (non-hydrogen) atoms. The van der Waals surface area contributed by atoms with Gasteiger partial charge in [0.25, 0.3) is 0 Å². The van der Waals surface area contributed by atoms with Crippen LogP contribution in [-0.2, 0) is 9.47 Å². The van der Waals surface area contributed by atoms with Crippen LogP contribution >= 0.6 is 0 Å². The van der Waals surface area contributed by atoms with E-state index in [9.17, 15) is 0 Å². The first-order valence-electron chi connectivity index (χ1n) is 8.39. The molecule has 1 heterocycles. The van der Waals surface area contributed by atoms with E-state index in [4.69, 9.17) is 9.47 Å². The largest absolute Gasteiger partial charge is 0.382 e. The fourth-order valence-electron chi connectivity index (χ4n) is 4.02. The smallest absolute Gasteiger partial charge is 0.0700 e. The average molecular weight is 282 g/mol. The molecule has 0 aromatic rings. The van der Waals surface area contributed by atoms with E-state index in [2.05, 4.69) is 10.2 Å². The summed E-state index contributed by atoms with van der Waals surface area (Å²) in [6.07, 6.45) is 8.41. The van der Waals surface area contributed by atoms with Crippen LogP contribution in [0.25, 0.3) is 0 Å². The minimum absolute atomic E-state index is 0.440. The van der Waals surface area contributed by atoms with Crippen LogP contribution in [0.1, 0.15) is 38.5 Å². The van der Waals surface area contributed by atoms with Gasteiger partial charge in [0.1, 0.15) is 0 Å². The lowest BCUT2D eigenvalue weighted by molar-refractivity contribution is 0.000931. The van der Waals surface area contributed by atoms with Crippen molar-refractivity contribution in [1.82, 2.24) is 10.2 Å². The Hall–Kier alpha value is -0.160. The van der Waals surface area contributed by atoms with E-state index < -0.39 is 0 Å². The lowest BCUT2D eigenvalue weighted by Crippen LogP contribution is -2.64. The molecule has 116 valence electrons. The first-order chi connectivity index (χ1) is 9.84. The number of nitrogens with zero attached hydrogens (tertiary/aromatic N) is 1. The zero-order chi connectivity index (χ0) is 13.8. The van der Waals surface area contributed by atoms with E-state index in [1.54, 1.807) is 7.11 Å². The molecule has 3 fully saturated rings. The highest BCUT2D eigenvalue weighted by atomic mass is 16.5. The first kappa shape index (κ1) is 14.8. The molecule has 2 saturated carbocycles. The van der Waals surface area contributed by atoms with Crippen LogP contribution in [0.4, 0.5) is 0 Å². The van der Waals surface area contributed by atoms with Crippen LogP contribution in [0.3, 0.4) is 0 Å². The number of ether oxygens (including phenoxy) is 2. The average Bonchev–Trinajstić information content (AvgIpc) is 3.21. The summed E-state index contributed by atoms with van der Waals surface area (Å²) in [6, 6.07) is 0.736. The Balaban J connectivity index is 1.51. The van der Waals surface area contributed by atoms with Gasteiger partial charge in [-0.05, 0) is 31.6 Å². The van der Waals surface area contributed by atoms with Gasteiger partial charge in [0.2, 0.25) is 0 Å². The molecule has 1 unspecified atom stereocenters. The van der Waals surface area contributed by atoms with Gasteiger partial charge in [-0.3, -0.25) is 4.90 Å². The van der Waals surface area contributed by atoms with Crippen molar-refractivity contribution in [3.8, 4) is 0 Å². The van der Waals surface area contributed by atoms with E-state index in [0.717, 1.165) is 31.7 Å². The topological polar surface area (TPSA) is 33.7 Å². The number of hydrogen-bond donors (Lipinski definition) is 1. The third-order valence-corrected chi connectivity index (χ3v) is 5.44. The fourth-order valence-corrected chi connectivity index (χ4v) is 4.02. The third-order valence-electron chi connectivity index (χ3n) is 5.44.